The lowest BCUT2D eigenvalue weighted by Crippen LogP contribution is -2.20. The van der Waals surface area contributed by atoms with Crippen molar-refractivity contribution in [3.63, 3.8) is 0 Å². The summed E-state index contributed by atoms with van der Waals surface area (Å²) < 4.78 is 15.3. The van der Waals surface area contributed by atoms with E-state index in [-0.39, 0.29) is 5.82 Å². The zero-order valence-electron chi connectivity index (χ0n) is 11.6. The lowest BCUT2D eigenvalue weighted by molar-refractivity contribution is 0.538. The van der Waals surface area contributed by atoms with Crippen LogP contribution in [0.2, 0.25) is 0 Å². The number of benzene rings is 1. The Hall–Kier alpha value is -1.61. The van der Waals surface area contributed by atoms with Gasteiger partial charge in [-0.15, -0.1) is 0 Å². The molecule has 0 amide bonds. The summed E-state index contributed by atoms with van der Waals surface area (Å²) in [6, 6.07) is 10.9. The molecule has 0 aliphatic carbocycles. The molecule has 1 heterocycles. The molecule has 3 heteroatoms. The van der Waals surface area contributed by atoms with Crippen LogP contribution in [0.3, 0.4) is 0 Å². The second-order valence-corrected chi connectivity index (χ2v) is 5.28. The average molecular weight is 260 g/mol. The van der Waals surface area contributed by atoms with Gasteiger partial charge in [0.15, 0.2) is 0 Å². The van der Waals surface area contributed by atoms with Crippen molar-refractivity contribution in [3.8, 4) is 0 Å². The Bertz CT molecular complexity index is 517. The van der Waals surface area contributed by atoms with Crippen LogP contribution >= 0.6 is 0 Å². The summed E-state index contributed by atoms with van der Waals surface area (Å²) >= 11 is 0. The van der Waals surface area contributed by atoms with Crippen LogP contribution in [0.15, 0.2) is 42.6 Å². The van der Waals surface area contributed by atoms with Gasteiger partial charge in [-0.05, 0) is 42.3 Å². The fourth-order valence-corrected chi connectivity index (χ4v) is 2.09. The highest BCUT2D eigenvalue weighted by molar-refractivity contribution is 5.18. The summed E-state index contributed by atoms with van der Waals surface area (Å²) in [7, 11) is 0. The summed E-state index contributed by atoms with van der Waals surface area (Å²) in [4.78, 5) is 0. The van der Waals surface area contributed by atoms with E-state index < -0.39 is 0 Å². The molecule has 0 fully saturated rings. The summed E-state index contributed by atoms with van der Waals surface area (Å²) in [6.45, 7) is 6.95. The van der Waals surface area contributed by atoms with Gasteiger partial charge in [0.05, 0.1) is 0 Å². The maximum Gasteiger partial charge on any atom is 0.123 e. The molecule has 0 unspecified atom stereocenters. The van der Waals surface area contributed by atoms with Crippen molar-refractivity contribution in [2.75, 3.05) is 6.54 Å². The third-order valence-corrected chi connectivity index (χ3v) is 3.02. The molecule has 2 aromatic rings. The van der Waals surface area contributed by atoms with E-state index in [1.54, 1.807) is 12.1 Å². The molecule has 0 atom stereocenters. The van der Waals surface area contributed by atoms with Crippen molar-refractivity contribution in [1.29, 1.82) is 0 Å². The van der Waals surface area contributed by atoms with Crippen LogP contribution in [-0.4, -0.2) is 11.1 Å². The lowest BCUT2D eigenvalue weighted by atomic mass is 10.2. The van der Waals surface area contributed by atoms with Crippen molar-refractivity contribution in [2.24, 2.45) is 5.92 Å². The topological polar surface area (TPSA) is 17.0 Å². The Morgan fingerprint density at radius 2 is 2.05 bits per heavy atom. The molecule has 0 bridgehead atoms. The minimum absolute atomic E-state index is 0.177. The van der Waals surface area contributed by atoms with E-state index in [1.165, 1.54) is 11.8 Å². The van der Waals surface area contributed by atoms with Crippen LogP contribution in [0, 0.1) is 11.7 Å². The Kier molecular flexibility index (Phi) is 4.74. The Morgan fingerprint density at radius 1 is 1.21 bits per heavy atom. The van der Waals surface area contributed by atoms with E-state index in [0.29, 0.717) is 12.5 Å². The molecule has 19 heavy (non-hydrogen) atoms. The van der Waals surface area contributed by atoms with Gasteiger partial charge in [-0.2, -0.15) is 0 Å². The van der Waals surface area contributed by atoms with Crippen LogP contribution in [0.5, 0.6) is 0 Å². The Balaban J connectivity index is 1.99. The molecule has 2 nitrogen and oxygen atoms in total. The summed E-state index contributed by atoms with van der Waals surface area (Å²) in [5, 5.41) is 3.43. The average Bonchev–Trinajstić information content (AvgIpc) is 2.76. The standard InChI is InChI=1S/C16H21FN2/c1-13(2)10-18-11-16-7-4-8-19(16)12-14-5-3-6-15(17)9-14/h3-9,13,18H,10-12H2,1-2H3. The normalized spacial score (nSPS) is 11.2. The minimum Gasteiger partial charge on any atom is -0.346 e. The molecule has 0 spiro atoms. The molecule has 1 aromatic carbocycles. The van der Waals surface area contributed by atoms with Gasteiger partial charge in [-0.25, -0.2) is 4.39 Å². The molecule has 0 saturated carbocycles. The van der Waals surface area contributed by atoms with Crippen molar-refractivity contribution < 1.29 is 4.39 Å². The molecule has 1 N–H and O–H groups in total. The first-order chi connectivity index (χ1) is 9.15. The van der Waals surface area contributed by atoms with Gasteiger partial charge in [0.25, 0.3) is 0 Å². The van der Waals surface area contributed by atoms with Crippen LogP contribution in [0.25, 0.3) is 0 Å². The van der Waals surface area contributed by atoms with Gasteiger partial charge in [-0.1, -0.05) is 26.0 Å². The Morgan fingerprint density at radius 3 is 2.79 bits per heavy atom. The van der Waals surface area contributed by atoms with E-state index in [9.17, 15) is 4.39 Å². The number of aromatic nitrogens is 1. The molecular formula is C16H21FN2. The third-order valence-electron chi connectivity index (χ3n) is 3.02. The zero-order valence-corrected chi connectivity index (χ0v) is 11.6. The minimum atomic E-state index is -0.177. The van der Waals surface area contributed by atoms with Gasteiger partial charge in [0.2, 0.25) is 0 Å². The molecule has 1 aromatic heterocycles. The molecule has 0 aliphatic rings. The van der Waals surface area contributed by atoms with Crippen molar-refractivity contribution in [2.45, 2.75) is 26.9 Å². The Labute approximate surface area is 114 Å². The monoisotopic (exact) mass is 260 g/mol. The predicted octanol–water partition coefficient (Wildman–Crippen LogP) is 3.42. The largest absolute Gasteiger partial charge is 0.346 e. The van der Waals surface area contributed by atoms with Crippen LogP contribution in [0.4, 0.5) is 4.39 Å². The molecule has 102 valence electrons. The smallest absolute Gasteiger partial charge is 0.123 e. The van der Waals surface area contributed by atoms with Gasteiger partial charge < -0.3 is 9.88 Å². The third kappa shape index (κ3) is 4.21. The highest BCUT2D eigenvalue weighted by atomic mass is 19.1. The molecule has 0 aliphatic heterocycles. The highest BCUT2D eigenvalue weighted by Crippen LogP contribution is 2.09. The SMILES string of the molecule is CC(C)CNCc1cccn1Cc1cccc(F)c1. The van der Waals surface area contributed by atoms with Crippen LogP contribution in [-0.2, 0) is 13.1 Å². The van der Waals surface area contributed by atoms with Gasteiger partial charge in [0, 0.05) is 25.0 Å². The summed E-state index contributed by atoms with van der Waals surface area (Å²) in [6.07, 6.45) is 2.04. The molecule has 0 saturated heterocycles. The van der Waals surface area contributed by atoms with Crippen molar-refractivity contribution >= 4 is 0 Å². The maximum absolute atomic E-state index is 13.2. The fraction of sp³-hybridized carbons (Fsp3) is 0.375. The number of hydrogen-bond donors (Lipinski definition) is 1. The van der Waals surface area contributed by atoms with Crippen molar-refractivity contribution in [3.05, 3.63) is 59.7 Å². The first kappa shape index (κ1) is 13.8. The fourth-order valence-electron chi connectivity index (χ4n) is 2.09. The lowest BCUT2D eigenvalue weighted by Gasteiger charge is -2.11. The first-order valence-electron chi connectivity index (χ1n) is 6.74. The highest BCUT2D eigenvalue weighted by Gasteiger charge is 2.03. The molecule has 2 rings (SSSR count). The van der Waals surface area contributed by atoms with Gasteiger partial charge in [-0.3, -0.25) is 0 Å². The number of nitrogens with one attached hydrogen (secondary N) is 1. The zero-order chi connectivity index (χ0) is 13.7. The second-order valence-electron chi connectivity index (χ2n) is 5.28. The van der Waals surface area contributed by atoms with Crippen LogP contribution < -0.4 is 5.32 Å². The number of halogens is 1. The van der Waals surface area contributed by atoms with Gasteiger partial charge in [0.1, 0.15) is 5.82 Å². The first-order valence-corrected chi connectivity index (χ1v) is 6.74. The number of rotatable bonds is 6. The maximum atomic E-state index is 13.2. The summed E-state index contributed by atoms with van der Waals surface area (Å²) in [5.41, 5.74) is 2.21. The van der Waals surface area contributed by atoms with E-state index in [2.05, 4.69) is 29.8 Å². The van der Waals surface area contributed by atoms with Crippen molar-refractivity contribution in [1.82, 2.24) is 9.88 Å². The number of nitrogens with zero attached hydrogens (tertiary/aromatic N) is 1. The van der Waals surface area contributed by atoms with E-state index >= 15 is 0 Å². The quantitative estimate of drug-likeness (QED) is 0.842. The molecular weight excluding hydrogens is 239 g/mol. The van der Waals surface area contributed by atoms with E-state index in [4.69, 9.17) is 0 Å². The predicted molar refractivity (Wildman–Crippen MR) is 76.5 cm³/mol. The van der Waals surface area contributed by atoms with Crippen LogP contribution in [0.1, 0.15) is 25.1 Å². The number of hydrogen-bond acceptors (Lipinski definition) is 1. The second kappa shape index (κ2) is 6.53. The van der Waals surface area contributed by atoms with E-state index in [1.807, 2.05) is 18.3 Å². The summed E-state index contributed by atoms with van der Waals surface area (Å²) in [5.74, 6) is 0.468. The molecule has 0 radical (unpaired) electrons. The van der Waals surface area contributed by atoms with E-state index in [0.717, 1.165) is 18.7 Å². The van der Waals surface area contributed by atoms with Gasteiger partial charge >= 0.3 is 0 Å².